The van der Waals surface area contributed by atoms with Gasteiger partial charge in [-0.25, -0.2) is 18.7 Å². The number of carbonyl (C=O) groups is 1. The fourth-order valence-electron chi connectivity index (χ4n) is 4.35. The van der Waals surface area contributed by atoms with E-state index in [2.05, 4.69) is 32.6 Å². The molecule has 2 aromatic rings. The number of halogens is 5. The highest BCUT2D eigenvalue weighted by atomic mass is 127. The lowest BCUT2D eigenvalue weighted by Gasteiger charge is -2.32. The minimum Gasteiger partial charge on any atom is -0.370 e. The second-order valence-corrected chi connectivity index (χ2v) is 10.0. The van der Waals surface area contributed by atoms with Gasteiger partial charge in [-0.1, -0.05) is 0 Å². The van der Waals surface area contributed by atoms with Crippen LogP contribution in [0.5, 0.6) is 0 Å². The summed E-state index contributed by atoms with van der Waals surface area (Å²) >= 11 is 2.17. The normalized spacial score (nSPS) is 18.2. The van der Waals surface area contributed by atoms with E-state index in [1.54, 1.807) is 24.0 Å². The molecule has 34 heavy (non-hydrogen) atoms. The molecule has 10 heteroatoms. The van der Waals surface area contributed by atoms with Gasteiger partial charge in [0.2, 0.25) is 5.95 Å². The van der Waals surface area contributed by atoms with Gasteiger partial charge < -0.3 is 9.80 Å². The van der Waals surface area contributed by atoms with Crippen molar-refractivity contribution in [3.8, 4) is 0 Å². The number of nitrogens with zero attached hydrogens (tertiary/aromatic N) is 4. The van der Waals surface area contributed by atoms with Crippen LogP contribution in [0.15, 0.2) is 35.9 Å². The zero-order chi connectivity index (χ0) is 24.5. The molecule has 2 fully saturated rings. The lowest BCUT2D eigenvalue weighted by molar-refractivity contribution is -0.0222. The monoisotopic (exact) mass is 588 g/mol. The van der Waals surface area contributed by atoms with Crippen LogP contribution < -0.4 is 9.80 Å². The molecule has 0 bridgehead atoms. The summed E-state index contributed by atoms with van der Waals surface area (Å²) in [5.74, 6) is -2.44. The number of aryl methyl sites for hydroxylation is 1. The van der Waals surface area contributed by atoms with Crippen LogP contribution in [0.1, 0.15) is 47.4 Å². The summed E-state index contributed by atoms with van der Waals surface area (Å²) in [6.07, 6.45) is -1.53. The third kappa shape index (κ3) is 5.87. The van der Waals surface area contributed by atoms with Crippen molar-refractivity contribution in [1.29, 1.82) is 0 Å². The Balaban J connectivity index is 1.53. The van der Waals surface area contributed by atoms with Crippen molar-refractivity contribution in [1.82, 2.24) is 9.97 Å². The van der Waals surface area contributed by atoms with Crippen molar-refractivity contribution in [2.24, 2.45) is 0 Å². The quantitative estimate of drug-likeness (QED) is 0.251. The zero-order valence-corrected chi connectivity index (χ0v) is 20.9. The zero-order valence-electron chi connectivity index (χ0n) is 18.8. The number of piperidine rings is 2. The average Bonchev–Trinajstić information content (AvgIpc) is 2.78. The van der Waals surface area contributed by atoms with E-state index in [-0.39, 0.29) is 56.5 Å². The Bertz CT molecular complexity index is 1100. The van der Waals surface area contributed by atoms with Gasteiger partial charge in [0.05, 0.1) is 12.1 Å². The van der Waals surface area contributed by atoms with Crippen molar-refractivity contribution in [2.75, 3.05) is 36.0 Å². The van der Waals surface area contributed by atoms with Crippen molar-refractivity contribution in [3.63, 3.8) is 0 Å². The summed E-state index contributed by atoms with van der Waals surface area (Å²) in [7, 11) is 0. The predicted molar refractivity (Wildman–Crippen MR) is 131 cm³/mol. The smallest absolute Gasteiger partial charge is 0.269 e. The van der Waals surface area contributed by atoms with Gasteiger partial charge in [0.15, 0.2) is 5.78 Å². The fourth-order valence-corrected chi connectivity index (χ4v) is 4.83. The molecule has 0 radical (unpaired) electrons. The number of rotatable bonds is 5. The first-order chi connectivity index (χ1) is 16.1. The molecule has 2 saturated heterocycles. The molecule has 3 heterocycles. The van der Waals surface area contributed by atoms with E-state index in [9.17, 15) is 22.4 Å². The minimum absolute atomic E-state index is 0.0338. The molecule has 1 aromatic carbocycles. The molecule has 0 saturated carbocycles. The molecular formula is C24H25F4IN4O. The van der Waals surface area contributed by atoms with Crippen LogP contribution in [0.4, 0.5) is 29.2 Å². The fraction of sp³-hybridized carbons (Fsp3) is 0.458. The van der Waals surface area contributed by atoms with Crippen molar-refractivity contribution < 1.29 is 22.4 Å². The Morgan fingerprint density at radius 2 is 1.71 bits per heavy atom. The van der Waals surface area contributed by atoms with Gasteiger partial charge in [-0.15, -0.1) is 0 Å². The topological polar surface area (TPSA) is 49.3 Å². The van der Waals surface area contributed by atoms with E-state index < -0.39 is 12.0 Å². The molecule has 2 aliphatic heterocycles. The van der Waals surface area contributed by atoms with Crippen LogP contribution >= 0.6 is 22.6 Å². The Morgan fingerprint density at radius 1 is 1.03 bits per heavy atom. The summed E-state index contributed by atoms with van der Waals surface area (Å²) in [4.78, 5) is 25.9. The third-order valence-corrected chi connectivity index (χ3v) is 6.92. The number of ketones is 1. The molecular weight excluding hydrogens is 563 g/mol. The third-order valence-electron chi connectivity index (χ3n) is 6.25. The average molecular weight is 588 g/mol. The van der Waals surface area contributed by atoms with Crippen LogP contribution in [-0.4, -0.2) is 47.9 Å². The SMILES string of the molecule is Cc1cc(CC(=O)c2ccc(I)cc2N2CCC(=C(F)F)CC2)nc(N2CCC(F)(F)CC2)n1. The lowest BCUT2D eigenvalue weighted by atomic mass is 10.00. The van der Waals surface area contributed by atoms with Crippen molar-refractivity contribution in [2.45, 2.75) is 45.0 Å². The second-order valence-electron chi connectivity index (χ2n) is 8.76. The molecule has 0 amide bonds. The molecule has 0 unspecified atom stereocenters. The number of Topliss-reactive ketones (excluding diaryl/α,β-unsaturated/α-hetero) is 1. The largest absolute Gasteiger partial charge is 0.370 e. The maximum absolute atomic E-state index is 13.5. The van der Waals surface area contributed by atoms with Crippen LogP contribution in [-0.2, 0) is 6.42 Å². The number of alkyl halides is 2. The molecule has 182 valence electrons. The van der Waals surface area contributed by atoms with Gasteiger partial charge in [-0.3, -0.25) is 4.79 Å². The first-order valence-corrected chi connectivity index (χ1v) is 12.3. The summed E-state index contributed by atoms with van der Waals surface area (Å²) in [5, 5.41) is 0. The van der Waals surface area contributed by atoms with Crippen LogP contribution in [0.3, 0.4) is 0 Å². The van der Waals surface area contributed by atoms with Gasteiger partial charge >= 0.3 is 0 Å². The lowest BCUT2D eigenvalue weighted by Crippen LogP contribution is -2.40. The standard InChI is InChI=1S/C24H25F4IN4O/c1-15-12-18(31-23(30-15)33-10-6-24(27,28)7-11-33)14-21(34)19-3-2-17(29)13-20(19)32-8-4-16(5-9-32)22(25)26/h2-3,12-13H,4-11,14H2,1H3. The summed E-state index contributed by atoms with van der Waals surface area (Å²) in [6, 6.07) is 7.24. The number of hydrogen-bond acceptors (Lipinski definition) is 5. The summed E-state index contributed by atoms with van der Waals surface area (Å²) in [5.41, 5.74) is 2.62. The van der Waals surface area contributed by atoms with E-state index in [0.717, 1.165) is 9.26 Å². The summed E-state index contributed by atoms with van der Waals surface area (Å²) < 4.78 is 53.9. The predicted octanol–water partition coefficient (Wildman–Crippen LogP) is 5.80. The number of hydrogen-bond donors (Lipinski definition) is 0. The molecule has 5 nitrogen and oxygen atoms in total. The van der Waals surface area contributed by atoms with Crippen molar-refractivity contribution >= 4 is 40.0 Å². The highest BCUT2D eigenvalue weighted by molar-refractivity contribution is 14.1. The Labute approximate surface area is 209 Å². The molecule has 0 aliphatic carbocycles. The van der Waals surface area contributed by atoms with Crippen LogP contribution in [0.2, 0.25) is 0 Å². The van der Waals surface area contributed by atoms with Gasteiger partial charge in [0.1, 0.15) is 0 Å². The molecule has 4 rings (SSSR count). The first-order valence-electron chi connectivity index (χ1n) is 11.2. The van der Waals surface area contributed by atoms with Crippen LogP contribution in [0.25, 0.3) is 0 Å². The molecule has 2 aliphatic rings. The van der Waals surface area contributed by atoms with Gasteiger partial charge in [-0.05, 0) is 72.2 Å². The molecule has 0 N–H and O–H groups in total. The molecule has 0 atom stereocenters. The number of anilines is 2. The van der Waals surface area contributed by atoms with E-state index in [0.29, 0.717) is 36.0 Å². The van der Waals surface area contributed by atoms with E-state index in [1.807, 2.05) is 17.0 Å². The van der Waals surface area contributed by atoms with E-state index in [1.165, 1.54) is 0 Å². The first kappa shape index (κ1) is 24.9. The van der Waals surface area contributed by atoms with E-state index >= 15 is 0 Å². The number of aromatic nitrogens is 2. The second kappa shape index (κ2) is 10.2. The van der Waals surface area contributed by atoms with Crippen molar-refractivity contribution in [3.05, 3.63) is 56.4 Å². The highest BCUT2D eigenvalue weighted by Gasteiger charge is 2.35. The Morgan fingerprint density at radius 3 is 2.35 bits per heavy atom. The molecule has 1 aromatic heterocycles. The summed E-state index contributed by atoms with van der Waals surface area (Å²) in [6.45, 7) is 2.95. The van der Waals surface area contributed by atoms with Gasteiger partial charge in [0.25, 0.3) is 12.0 Å². The maximum Gasteiger partial charge on any atom is 0.269 e. The van der Waals surface area contributed by atoms with Crippen LogP contribution in [0, 0.1) is 10.5 Å². The Hall–Kier alpha value is -2.24. The molecule has 0 spiro atoms. The highest BCUT2D eigenvalue weighted by Crippen LogP contribution is 2.31. The number of carbonyl (C=O) groups excluding carboxylic acids is 1. The van der Waals surface area contributed by atoms with E-state index in [4.69, 9.17) is 0 Å². The minimum atomic E-state index is -2.67. The number of benzene rings is 1. The van der Waals surface area contributed by atoms with Gasteiger partial charge in [0, 0.05) is 59.5 Å². The Kier molecular flexibility index (Phi) is 7.44. The maximum atomic E-state index is 13.5. The van der Waals surface area contributed by atoms with Gasteiger partial charge in [-0.2, -0.15) is 8.78 Å².